The number of nitrogen functional groups attached to an aromatic ring is 2. The van der Waals surface area contributed by atoms with E-state index in [-0.39, 0.29) is 73.6 Å². The van der Waals surface area contributed by atoms with E-state index in [0.29, 0.717) is 113 Å². The molecule has 12 aromatic rings. The van der Waals surface area contributed by atoms with Gasteiger partial charge in [-0.25, -0.2) is 39.3 Å². The molecule has 20 nitrogen and oxygen atoms in total. The number of hydrogen-bond acceptors (Lipinski definition) is 16. The van der Waals surface area contributed by atoms with Crippen LogP contribution in [0.3, 0.4) is 0 Å². The van der Waals surface area contributed by atoms with Crippen molar-refractivity contribution in [2.75, 3.05) is 29.1 Å². The molecule has 6 heterocycles. The summed E-state index contributed by atoms with van der Waals surface area (Å²) < 4.78 is 7.54. The van der Waals surface area contributed by atoms with E-state index in [1.807, 2.05) is 60.7 Å². The number of phenols is 2. The monoisotopic (exact) mass is 1380 g/mol. The third-order valence-corrected chi connectivity index (χ3v) is 16.0. The van der Waals surface area contributed by atoms with Gasteiger partial charge in [0.2, 0.25) is 0 Å². The molecule has 0 fully saturated rings. The third-order valence-electron chi connectivity index (χ3n) is 14.5. The second kappa shape index (κ2) is 30.5. The Morgan fingerprint density at radius 2 is 0.935 bits per heavy atom. The van der Waals surface area contributed by atoms with Gasteiger partial charge in [0, 0.05) is 69.2 Å². The molecule has 8 N–H and O–H groups in total. The lowest BCUT2D eigenvalue weighted by Crippen LogP contribution is -2.28. The van der Waals surface area contributed by atoms with Crippen LogP contribution in [0.25, 0.3) is 66.4 Å². The number of unbranched alkanes of at least 4 members (excludes halogenated alkanes) is 3. The van der Waals surface area contributed by atoms with Crippen molar-refractivity contribution in [3.05, 3.63) is 211 Å². The van der Waals surface area contributed by atoms with Gasteiger partial charge in [0.1, 0.15) is 71.9 Å². The Kier molecular flexibility index (Phi) is 21.5. The number of rotatable bonds is 16. The molecule has 12 rings (SSSR count). The molecule has 462 valence electrons. The summed E-state index contributed by atoms with van der Waals surface area (Å²) >= 11 is 15.4. The van der Waals surface area contributed by atoms with Crippen LogP contribution in [0, 0.1) is 36.0 Å². The minimum atomic E-state index is -0.267. The molecule has 0 spiro atoms. The number of anilines is 2. The van der Waals surface area contributed by atoms with E-state index in [0.717, 1.165) is 40.4 Å². The number of aliphatic hydroxyl groups is 2. The first kappa shape index (κ1) is 64.8. The Labute approximate surface area is 551 Å². The van der Waals surface area contributed by atoms with E-state index in [9.17, 15) is 19.8 Å². The molecule has 23 heteroatoms. The molecule has 0 aliphatic rings. The fourth-order valence-electron chi connectivity index (χ4n) is 10.0. The number of aromatic nitrogens is 12. The van der Waals surface area contributed by atoms with Gasteiger partial charge < -0.3 is 31.9 Å². The van der Waals surface area contributed by atoms with Crippen LogP contribution < -0.4 is 22.6 Å². The highest BCUT2D eigenvalue weighted by Gasteiger charge is 2.24. The standard InChI is InChI=1S/C32H25ClIN7O2.C32H26ClN7O3.C5H8O/c33-24-10-4-3-8-22(24)17-40-26(38-25-11-6-9-20(27(25)32(40)43)7-2-1-5-16-34)18-41-31-28(30(35)36-19-37-31)29(39-41)21-12-14-23(42)15-13-21;33-24-10-4-3-8-22(24)17-39-26(37-25-11-6-9-20(27(25)32(39)43)7-2-1-5-16-41)18-40-31-28(30(34)35-19-36-31)29(38-40)21-12-14-23(42)15-13-21;1-2-3-4-5-6/h3-4,6,8-15,19,42H,1,5,16-18H2,(H2,35,36,37);3-4,6,8-15,19,41-42H,1,5,16-18H2,(H2,34,35,36);1,6H,3-5H2. The highest BCUT2D eigenvalue weighted by Crippen LogP contribution is 2.34. The summed E-state index contributed by atoms with van der Waals surface area (Å²) in [6.07, 6.45) is 11.8. The maximum atomic E-state index is 14.3. The average Bonchev–Trinajstić information content (AvgIpc) is 1.45. The van der Waals surface area contributed by atoms with Gasteiger partial charge >= 0.3 is 0 Å². The molecule has 0 amide bonds. The van der Waals surface area contributed by atoms with Gasteiger partial charge in [-0.3, -0.25) is 18.7 Å². The highest BCUT2D eigenvalue weighted by molar-refractivity contribution is 14.1. The number of alkyl halides is 1. The van der Waals surface area contributed by atoms with Crippen LogP contribution in [0.1, 0.15) is 72.4 Å². The number of terminal acetylenes is 1. The van der Waals surface area contributed by atoms with Crippen molar-refractivity contribution < 1.29 is 20.4 Å². The third kappa shape index (κ3) is 14.8. The maximum absolute atomic E-state index is 14.3. The molecule has 0 atom stereocenters. The summed E-state index contributed by atoms with van der Waals surface area (Å²) in [5, 5.41) is 49.6. The van der Waals surface area contributed by atoms with Crippen LogP contribution in [-0.4, -0.2) is 96.7 Å². The van der Waals surface area contributed by atoms with Crippen LogP contribution in [0.15, 0.2) is 156 Å². The van der Waals surface area contributed by atoms with Gasteiger partial charge in [-0.15, -0.1) is 12.3 Å². The molecule has 6 aromatic heterocycles. The van der Waals surface area contributed by atoms with Crippen molar-refractivity contribution in [3.8, 4) is 70.0 Å². The SMILES string of the molecule is C#CCCCO.Nc1ncnc2c1c(-c1ccc(O)cc1)nn2Cc1nc2cccc(C#CCCCI)c2c(=O)n1Cc1ccccc1Cl.Nc1ncnc2c1c(-c1ccc(O)cc1)nn2Cc1nc2cccc(C#CCCCO)c2c(=O)n1Cc1ccccc1Cl. The van der Waals surface area contributed by atoms with Crippen LogP contribution in [0.2, 0.25) is 10.0 Å². The zero-order valence-corrected chi connectivity index (χ0v) is 53.1. The van der Waals surface area contributed by atoms with Crippen molar-refractivity contribution in [3.63, 3.8) is 0 Å². The first-order chi connectivity index (χ1) is 44.8. The fourth-order valence-corrected chi connectivity index (χ4v) is 10.8. The van der Waals surface area contributed by atoms with Crippen LogP contribution in [0.5, 0.6) is 11.5 Å². The van der Waals surface area contributed by atoms with Crippen molar-refractivity contribution in [1.82, 2.24) is 58.6 Å². The quantitative estimate of drug-likeness (QED) is 0.0227. The Bertz CT molecular complexity index is 4660. The normalized spacial score (nSPS) is 10.9. The Morgan fingerprint density at radius 3 is 1.34 bits per heavy atom. The number of aromatic hydroxyl groups is 2. The first-order valence-electron chi connectivity index (χ1n) is 29.0. The van der Waals surface area contributed by atoms with E-state index in [1.54, 1.807) is 91.3 Å². The molecule has 6 aromatic carbocycles. The van der Waals surface area contributed by atoms with E-state index < -0.39 is 0 Å². The number of nitrogens with zero attached hydrogens (tertiary/aromatic N) is 12. The topological polar surface area (TPSA) is 290 Å². The molecule has 0 aliphatic carbocycles. The summed E-state index contributed by atoms with van der Waals surface area (Å²) in [5.41, 5.74) is 19.4. The number of benzene rings is 6. The lowest BCUT2D eigenvalue weighted by Gasteiger charge is -2.15. The zero-order valence-electron chi connectivity index (χ0n) is 49.4. The van der Waals surface area contributed by atoms with Gasteiger partial charge in [0.25, 0.3) is 11.1 Å². The van der Waals surface area contributed by atoms with E-state index in [1.165, 1.54) is 12.7 Å². The second-order valence-corrected chi connectivity index (χ2v) is 22.6. The number of halogens is 3. The van der Waals surface area contributed by atoms with Gasteiger partial charge in [0.05, 0.1) is 45.7 Å². The van der Waals surface area contributed by atoms with Gasteiger partial charge in [-0.1, -0.05) is 118 Å². The number of phenolic OH excluding ortho intramolecular Hbond substituents is 2. The van der Waals surface area contributed by atoms with Crippen LogP contribution in [-0.2, 0) is 26.2 Å². The largest absolute Gasteiger partial charge is 0.508 e. The summed E-state index contributed by atoms with van der Waals surface area (Å²) in [6.45, 7) is 0.842. The summed E-state index contributed by atoms with van der Waals surface area (Å²) in [7, 11) is 0. The van der Waals surface area contributed by atoms with E-state index in [4.69, 9.17) is 71.5 Å². The number of hydrogen-bond donors (Lipinski definition) is 6. The van der Waals surface area contributed by atoms with Crippen molar-refractivity contribution in [2.24, 2.45) is 0 Å². The highest BCUT2D eigenvalue weighted by atomic mass is 127. The van der Waals surface area contributed by atoms with Crippen LogP contribution >= 0.6 is 45.8 Å². The van der Waals surface area contributed by atoms with Gasteiger partial charge in [0.15, 0.2) is 11.3 Å². The zero-order chi connectivity index (χ0) is 64.7. The smallest absolute Gasteiger partial charge is 0.263 e. The molecule has 0 aliphatic heterocycles. The summed E-state index contributed by atoms with van der Waals surface area (Å²) in [5.74, 6) is 16.6. The molecule has 0 bridgehead atoms. The molecule has 0 radical (unpaired) electrons. The van der Waals surface area contributed by atoms with E-state index in [2.05, 4.69) is 72.1 Å². The van der Waals surface area contributed by atoms with E-state index >= 15 is 0 Å². The van der Waals surface area contributed by atoms with Gasteiger partial charge in [-0.2, -0.15) is 10.2 Å². The molecule has 0 saturated heterocycles. The fraction of sp³-hybridized carbons (Fsp3) is 0.188. The maximum Gasteiger partial charge on any atom is 0.263 e. The first-order valence-corrected chi connectivity index (χ1v) is 31.3. The Balaban J connectivity index is 0.000000185. The van der Waals surface area contributed by atoms with Crippen molar-refractivity contribution >= 4 is 101 Å². The number of fused-ring (bicyclic) bond motifs is 4. The summed E-state index contributed by atoms with van der Waals surface area (Å²) in [6, 6.07) is 38.9. The van der Waals surface area contributed by atoms with Crippen molar-refractivity contribution in [2.45, 2.75) is 64.7 Å². The Hall–Kier alpha value is -10.2. The minimum Gasteiger partial charge on any atom is -0.508 e. The molecule has 0 unspecified atom stereocenters. The van der Waals surface area contributed by atoms with Crippen LogP contribution in [0.4, 0.5) is 11.6 Å². The lowest BCUT2D eigenvalue weighted by atomic mass is 10.1. The lowest BCUT2D eigenvalue weighted by molar-refractivity contribution is 0.290. The predicted molar refractivity (Wildman–Crippen MR) is 368 cm³/mol. The molecule has 92 heavy (non-hydrogen) atoms. The average molecular weight is 1380 g/mol. The molecular formula is C69H59Cl2IN14O6. The minimum absolute atomic E-state index is 0.0485. The predicted octanol–water partition coefficient (Wildman–Crippen LogP) is 10.6. The van der Waals surface area contributed by atoms with Crippen molar-refractivity contribution in [1.29, 1.82) is 0 Å². The Morgan fingerprint density at radius 1 is 0.511 bits per heavy atom. The molecular weight excluding hydrogens is 1320 g/mol. The molecule has 0 saturated carbocycles. The van der Waals surface area contributed by atoms with Gasteiger partial charge in [-0.05, 0) is 115 Å². The second-order valence-electron chi connectivity index (χ2n) is 20.7. The summed E-state index contributed by atoms with van der Waals surface area (Å²) in [4.78, 5) is 55.7. The number of nitrogens with two attached hydrogens (primary N) is 2. The number of aliphatic hydroxyl groups excluding tert-OH is 2.